The molecule has 26 heavy (non-hydrogen) atoms. The van der Waals surface area contributed by atoms with E-state index >= 15 is 0 Å². The van der Waals surface area contributed by atoms with E-state index in [4.69, 9.17) is 4.74 Å². The van der Waals surface area contributed by atoms with Gasteiger partial charge in [0.15, 0.2) is 5.75 Å². The lowest BCUT2D eigenvalue weighted by molar-refractivity contribution is 0.0952. The Morgan fingerprint density at radius 1 is 1.27 bits per heavy atom. The standard InChI is InChI=1S/C19H22N2O4S/c1-21-9-10-25-18-16(19(22)20-8-11-26(2,23)24)12-15(13-17(18)21)14-6-4-3-5-7-14/h3-7,12-13H,8-11H2,1-2H3,(H-,20,22,23,24). The van der Waals surface area contributed by atoms with Gasteiger partial charge in [0, 0.05) is 17.3 Å². The zero-order valence-corrected chi connectivity index (χ0v) is 15.7. The number of fused-ring (bicyclic) bond motifs is 1. The van der Waals surface area contributed by atoms with Gasteiger partial charge in [-0.3, -0.25) is 4.79 Å². The minimum absolute atomic E-state index is 0.0673. The predicted octanol–water partition coefficient (Wildman–Crippen LogP) is 2.17. The second-order valence-corrected chi connectivity index (χ2v) is 8.65. The summed E-state index contributed by atoms with van der Waals surface area (Å²) in [4.78, 5) is 14.7. The fourth-order valence-electron chi connectivity index (χ4n) is 2.86. The van der Waals surface area contributed by atoms with Crippen molar-refractivity contribution in [1.82, 2.24) is 5.32 Å². The topological polar surface area (TPSA) is 81.7 Å². The molecule has 0 aromatic heterocycles. The second kappa shape index (κ2) is 7.47. The fourth-order valence-corrected chi connectivity index (χ4v) is 3.34. The molecule has 2 aromatic carbocycles. The number of hydrogen-bond acceptors (Lipinski definition) is 5. The maximum atomic E-state index is 12.7. The molecular weight excluding hydrogens is 352 g/mol. The average Bonchev–Trinajstić information content (AvgIpc) is 2.61. The van der Waals surface area contributed by atoms with E-state index in [1.165, 1.54) is 0 Å². The van der Waals surface area contributed by atoms with Crippen LogP contribution >= 0.6 is 0 Å². The molecule has 3 rings (SSSR count). The van der Waals surface area contributed by atoms with Gasteiger partial charge in [0.2, 0.25) is 0 Å². The number of benzene rings is 2. The third-order valence-electron chi connectivity index (χ3n) is 4.26. The molecule has 0 saturated heterocycles. The van der Waals surface area contributed by atoms with Gasteiger partial charge in [0.1, 0.15) is 12.4 Å². The summed E-state index contributed by atoms with van der Waals surface area (Å²) < 4.78 is 28.3. The van der Waals surface area contributed by atoms with Gasteiger partial charge in [-0.15, -0.1) is 4.21 Å². The zero-order valence-electron chi connectivity index (χ0n) is 14.9. The molecule has 1 heterocycles. The lowest BCUT2D eigenvalue weighted by Crippen LogP contribution is -2.33. The monoisotopic (exact) mass is 374 g/mol. The number of likely N-dealkylation sites (N-methyl/N-ethyl adjacent to an activating group) is 1. The van der Waals surface area contributed by atoms with Crippen LogP contribution in [0.15, 0.2) is 42.5 Å². The lowest BCUT2D eigenvalue weighted by Gasteiger charge is -2.29. The SMILES string of the molecule is CN1CCOc2c(C(=O)NCC[S+](C)(=O)[O-])cc(-c3ccccc3)cc21. The van der Waals surface area contributed by atoms with Gasteiger partial charge in [-0.2, -0.15) is 0 Å². The number of carbonyl (C=O) groups is 1. The maximum Gasteiger partial charge on any atom is 0.255 e. The summed E-state index contributed by atoms with van der Waals surface area (Å²) in [5, 5.41) is 2.68. The molecule has 138 valence electrons. The van der Waals surface area contributed by atoms with Crippen molar-refractivity contribution in [3.8, 4) is 16.9 Å². The Morgan fingerprint density at radius 3 is 2.69 bits per heavy atom. The first-order valence-electron chi connectivity index (χ1n) is 8.38. The fraction of sp³-hybridized carbons (Fsp3) is 0.316. The van der Waals surface area contributed by atoms with Crippen molar-refractivity contribution in [1.29, 1.82) is 0 Å². The number of hydrogen-bond donors (Lipinski definition) is 1. The predicted molar refractivity (Wildman–Crippen MR) is 103 cm³/mol. The molecule has 1 aliphatic rings. The Bertz CT molecular complexity index is 848. The first-order chi connectivity index (χ1) is 12.3. The third kappa shape index (κ3) is 4.23. The molecule has 0 radical (unpaired) electrons. The van der Waals surface area contributed by atoms with E-state index in [2.05, 4.69) is 10.2 Å². The van der Waals surface area contributed by atoms with Crippen LogP contribution in [0.2, 0.25) is 0 Å². The van der Waals surface area contributed by atoms with Crippen molar-refractivity contribution in [3.63, 3.8) is 0 Å². The van der Waals surface area contributed by atoms with E-state index in [0.717, 1.165) is 29.6 Å². The molecule has 2 aromatic rings. The number of amides is 1. The number of nitrogens with zero attached hydrogens (tertiary/aromatic N) is 1. The van der Waals surface area contributed by atoms with Gasteiger partial charge in [0.05, 0.1) is 30.6 Å². The van der Waals surface area contributed by atoms with E-state index in [9.17, 15) is 13.6 Å². The van der Waals surface area contributed by atoms with Crippen LogP contribution in [0.25, 0.3) is 11.1 Å². The first-order valence-corrected chi connectivity index (χ1v) is 10.4. The summed E-state index contributed by atoms with van der Waals surface area (Å²) in [6.45, 7) is 1.30. The summed E-state index contributed by atoms with van der Waals surface area (Å²) in [5.41, 5.74) is 3.18. The largest absolute Gasteiger partial charge is 0.615 e. The number of anilines is 1. The summed E-state index contributed by atoms with van der Waals surface area (Å²) in [5.74, 6) is 0.105. The molecule has 0 saturated carbocycles. The van der Waals surface area contributed by atoms with Crippen LogP contribution in [-0.4, -0.2) is 49.2 Å². The highest BCUT2D eigenvalue weighted by molar-refractivity contribution is 7.96. The average molecular weight is 374 g/mol. The van der Waals surface area contributed by atoms with E-state index in [-0.39, 0.29) is 18.2 Å². The van der Waals surface area contributed by atoms with Gasteiger partial charge < -0.3 is 19.5 Å². The van der Waals surface area contributed by atoms with Gasteiger partial charge >= 0.3 is 0 Å². The number of ether oxygens (including phenoxy) is 1. The van der Waals surface area contributed by atoms with Crippen LogP contribution in [0.5, 0.6) is 5.75 Å². The molecule has 1 aliphatic heterocycles. The third-order valence-corrected chi connectivity index (χ3v) is 5.21. The van der Waals surface area contributed by atoms with Crippen molar-refractivity contribution < 1.29 is 18.3 Å². The Hall–Kier alpha value is -2.38. The summed E-state index contributed by atoms with van der Waals surface area (Å²) in [6, 6.07) is 13.6. The molecule has 0 fully saturated rings. The molecule has 0 bridgehead atoms. The van der Waals surface area contributed by atoms with E-state index in [1.54, 1.807) is 6.07 Å². The van der Waals surface area contributed by atoms with Gasteiger partial charge in [-0.25, -0.2) is 0 Å². The summed E-state index contributed by atoms with van der Waals surface area (Å²) in [6.07, 6.45) is 1.15. The highest BCUT2D eigenvalue weighted by atomic mass is 32.3. The van der Waals surface area contributed by atoms with Crippen molar-refractivity contribution >= 4 is 21.8 Å². The van der Waals surface area contributed by atoms with Crippen molar-refractivity contribution in [2.75, 3.05) is 43.7 Å². The number of sulfone groups is 1. The maximum absolute atomic E-state index is 12.7. The minimum atomic E-state index is -3.13. The molecule has 7 heteroatoms. The van der Waals surface area contributed by atoms with Gasteiger partial charge in [0.25, 0.3) is 5.91 Å². The highest BCUT2D eigenvalue weighted by Gasteiger charge is 2.24. The van der Waals surface area contributed by atoms with Crippen LogP contribution < -0.4 is 15.0 Å². The van der Waals surface area contributed by atoms with Crippen molar-refractivity contribution in [3.05, 3.63) is 48.0 Å². The first kappa shape index (κ1) is 18.4. The van der Waals surface area contributed by atoms with E-state index < -0.39 is 10.2 Å². The van der Waals surface area contributed by atoms with Crippen LogP contribution in [0.1, 0.15) is 10.4 Å². The van der Waals surface area contributed by atoms with Crippen LogP contribution in [0.4, 0.5) is 5.69 Å². The van der Waals surface area contributed by atoms with Gasteiger partial charge in [-0.05, 0) is 23.3 Å². The number of carbonyl (C=O) groups excluding carboxylic acids is 1. The molecule has 1 amide bonds. The zero-order chi connectivity index (χ0) is 18.7. The molecule has 1 N–H and O–H groups in total. The Balaban J connectivity index is 1.96. The Labute approximate surface area is 154 Å². The van der Waals surface area contributed by atoms with Crippen LogP contribution in [0, 0.1) is 0 Å². The number of rotatable bonds is 5. The molecule has 1 unspecified atom stereocenters. The molecular formula is C19H22N2O4S. The number of nitrogens with one attached hydrogen (secondary N) is 1. The minimum Gasteiger partial charge on any atom is -0.615 e. The van der Waals surface area contributed by atoms with Crippen LogP contribution in [0.3, 0.4) is 0 Å². The summed E-state index contributed by atoms with van der Waals surface area (Å²) in [7, 11) is -1.17. The van der Waals surface area contributed by atoms with Gasteiger partial charge in [-0.1, -0.05) is 30.3 Å². The smallest absolute Gasteiger partial charge is 0.255 e. The van der Waals surface area contributed by atoms with Crippen LogP contribution in [-0.2, 0) is 14.4 Å². The van der Waals surface area contributed by atoms with E-state index in [1.807, 2.05) is 43.4 Å². The quantitative estimate of drug-likeness (QED) is 0.811. The normalized spacial score (nSPS) is 15.6. The van der Waals surface area contributed by atoms with Crippen molar-refractivity contribution in [2.45, 2.75) is 0 Å². The Kier molecular flexibility index (Phi) is 5.29. The van der Waals surface area contributed by atoms with E-state index in [0.29, 0.717) is 17.9 Å². The second-order valence-electron chi connectivity index (χ2n) is 6.39. The molecule has 1 atom stereocenters. The molecule has 6 nitrogen and oxygen atoms in total. The highest BCUT2D eigenvalue weighted by Crippen LogP contribution is 2.38. The van der Waals surface area contributed by atoms with Crippen molar-refractivity contribution in [2.24, 2.45) is 0 Å². The Morgan fingerprint density at radius 2 is 2.00 bits per heavy atom. The molecule has 0 spiro atoms. The lowest BCUT2D eigenvalue weighted by atomic mass is 9.99. The molecule has 0 aliphatic carbocycles. The summed E-state index contributed by atoms with van der Waals surface area (Å²) >= 11 is 0.